The van der Waals surface area contributed by atoms with Crippen LogP contribution in [0.5, 0.6) is 0 Å². The van der Waals surface area contributed by atoms with Crippen LogP contribution >= 0.6 is 12.2 Å². The first-order valence-corrected chi connectivity index (χ1v) is 4.78. The molecule has 0 aromatic carbocycles. The highest BCUT2D eigenvalue weighted by Crippen LogP contribution is 2.04. The van der Waals surface area contributed by atoms with Gasteiger partial charge in [0.1, 0.15) is 0 Å². The van der Waals surface area contributed by atoms with Crippen molar-refractivity contribution in [1.82, 2.24) is 10.2 Å². The molecule has 0 aliphatic carbocycles. The second-order valence-corrected chi connectivity index (χ2v) is 3.19. The second kappa shape index (κ2) is 5.09. The van der Waals surface area contributed by atoms with Crippen LogP contribution in [0.25, 0.3) is 0 Å². The van der Waals surface area contributed by atoms with Crippen molar-refractivity contribution >= 4 is 12.2 Å². The molecule has 12 heavy (non-hydrogen) atoms. The summed E-state index contributed by atoms with van der Waals surface area (Å²) in [6.07, 6.45) is 5.81. The summed E-state index contributed by atoms with van der Waals surface area (Å²) in [5, 5.41) is 6.53. The van der Waals surface area contributed by atoms with E-state index in [2.05, 4.69) is 17.1 Å². The van der Waals surface area contributed by atoms with Crippen molar-refractivity contribution in [1.29, 1.82) is 0 Å². The molecule has 0 saturated carbocycles. The van der Waals surface area contributed by atoms with E-state index in [0.29, 0.717) is 4.84 Å². The molecule has 0 saturated heterocycles. The first-order valence-electron chi connectivity index (χ1n) is 4.37. The lowest BCUT2D eigenvalue weighted by Crippen LogP contribution is -1.85. The van der Waals surface area contributed by atoms with Crippen molar-refractivity contribution in [3.8, 4) is 0 Å². The largest absolute Gasteiger partial charge is 0.414 e. The van der Waals surface area contributed by atoms with E-state index in [1.54, 1.807) is 0 Å². The van der Waals surface area contributed by atoms with Gasteiger partial charge in [-0.25, -0.2) is 5.10 Å². The number of hydrogen-bond acceptors (Lipinski definition) is 3. The number of rotatable bonds is 5. The van der Waals surface area contributed by atoms with E-state index >= 15 is 0 Å². The maximum atomic E-state index is 5.11. The molecule has 4 heteroatoms. The minimum atomic E-state index is 0.375. The Morgan fingerprint density at radius 1 is 1.42 bits per heavy atom. The predicted molar refractivity (Wildman–Crippen MR) is 49.5 cm³/mol. The number of hydrogen-bond donors (Lipinski definition) is 1. The van der Waals surface area contributed by atoms with Crippen molar-refractivity contribution in [3.05, 3.63) is 10.7 Å². The Kier molecular flexibility index (Phi) is 4.00. The molecular formula is C8H14N2OS. The molecule has 0 aliphatic heterocycles. The number of nitrogens with one attached hydrogen (secondary N) is 1. The van der Waals surface area contributed by atoms with Gasteiger partial charge in [-0.1, -0.05) is 26.2 Å². The van der Waals surface area contributed by atoms with Crippen LogP contribution in [0, 0.1) is 4.84 Å². The molecule has 0 unspecified atom stereocenters. The van der Waals surface area contributed by atoms with Gasteiger partial charge in [0.2, 0.25) is 5.89 Å². The van der Waals surface area contributed by atoms with E-state index in [1.807, 2.05) is 0 Å². The van der Waals surface area contributed by atoms with Crippen molar-refractivity contribution in [2.75, 3.05) is 0 Å². The molecule has 0 spiro atoms. The third kappa shape index (κ3) is 3.17. The molecule has 0 bridgehead atoms. The Labute approximate surface area is 77.2 Å². The quantitative estimate of drug-likeness (QED) is 0.568. The van der Waals surface area contributed by atoms with Crippen LogP contribution in [-0.4, -0.2) is 10.2 Å². The minimum absolute atomic E-state index is 0.375. The number of aromatic amines is 1. The summed E-state index contributed by atoms with van der Waals surface area (Å²) in [5.41, 5.74) is 0. The van der Waals surface area contributed by atoms with Gasteiger partial charge in [-0.05, 0) is 18.6 Å². The maximum absolute atomic E-state index is 5.11. The fraction of sp³-hybridized carbons (Fsp3) is 0.750. The van der Waals surface area contributed by atoms with Crippen LogP contribution in [0.2, 0.25) is 0 Å². The Balaban J connectivity index is 2.20. The van der Waals surface area contributed by atoms with Gasteiger partial charge in [-0.15, -0.1) is 5.10 Å². The first kappa shape index (κ1) is 9.45. The lowest BCUT2D eigenvalue weighted by atomic mass is 10.2. The molecule has 1 aromatic rings. The Hall–Kier alpha value is -0.640. The van der Waals surface area contributed by atoms with E-state index in [1.165, 1.54) is 19.3 Å². The van der Waals surface area contributed by atoms with E-state index in [-0.39, 0.29) is 0 Å². The van der Waals surface area contributed by atoms with Crippen LogP contribution in [0.15, 0.2) is 4.42 Å². The highest BCUT2D eigenvalue weighted by Gasteiger charge is 1.97. The molecule has 1 rings (SSSR count). The van der Waals surface area contributed by atoms with E-state index < -0.39 is 0 Å². The summed E-state index contributed by atoms with van der Waals surface area (Å²) in [4.78, 5) is 0.375. The number of nitrogens with zero attached hydrogens (tertiary/aromatic N) is 1. The van der Waals surface area contributed by atoms with Gasteiger partial charge in [-0.2, -0.15) is 0 Å². The van der Waals surface area contributed by atoms with Crippen molar-refractivity contribution < 1.29 is 4.42 Å². The van der Waals surface area contributed by atoms with Crippen LogP contribution in [-0.2, 0) is 6.42 Å². The summed E-state index contributed by atoms with van der Waals surface area (Å²) in [6.45, 7) is 2.19. The Bertz CT molecular complexity index is 266. The summed E-state index contributed by atoms with van der Waals surface area (Å²) in [7, 11) is 0. The zero-order chi connectivity index (χ0) is 8.81. The topological polar surface area (TPSA) is 41.8 Å². The zero-order valence-corrected chi connectivity index (χ0v) is 8.12. The van der Waals surface area contributed by atoms with Crippen LogP contribution in [0.3, 0.4) is 0 Å². The normalized spacial score (nSPS) is 10.4. The van der Waals surface area contributed by atoms with Gasteiger partial charge in [0.15, 0.2) is 0 Å². The Morgan fingerprint density at radius 3 is 2.83 bits per heavy atom. The van der Waals surface area contributed by atoms with Gasteiger partial charge in [0.25, 0.3) is 4.84 Å². The fourth-order valence-electron chi connectivity index (χ4n) is 1.07. The third-order valence-corrected chi connectivity index (χ3v) is 1.90. The van der Waals surface area contributed by atoms with E-state index in [9.17, 15) is 0 Å². The highest BCUT2D eigenvalue weighted by atomic mass is 32.1. The minimum Gasteiger partial charge on any atom is -0.414 e. The molecule has 1 aromatic heterocycles. The van der Waals surface area contributed by atoms with Gasteiger partial charge in [-0.3, -0.25) is 0 Å². The summed E-state index contributed by atoms with van der Waals surface area (Å²) in [6, 6.07) is 0. The molecule has 0 fully saturated rings. The molecule has 0 atom stereocenters. The molecular weight excluding hydrogens is 172 g/mol. The van der Waals surface area contributed by atoms with Crippen molar-refractivity contribution in [2.45, 2.75) is 39.0 Å². The summed E-state index contributed by atoms with van der Waals surface area (Å²) >= 11 is 4.75. The standard InChI is InChI=1S/C8H14N2OS/c1-2-3-4-5-6-7-9-10-8(12)11-7/h2-6H2,1H3,(H,10,12). The molecule has 1 heterocycles. The molecule has 0 radical (unpaired) electrons. The third-order valence-electron chi connectivity index (χ3n) is 1.73. The average Bonchev–Trinajstić information content (AvgIpc) is 2.45. The second-order valence-electron chi connectivity index (χ2n) is 2.82. The maximum Gasteiger partial charge on any atom is 0.284 e. The van der Waals surface area contributed by atoms with Crippen LogP contribution in [0.1, 0.15) is 38.5 Å². The van der Waals surface area contributed by atoms with Gasteiger partial charge in [0.05, 0.1) is 0 Å². The lowest BCUT2D eigenvalue weighted by Gasteiger charge is -1.93. The van der Waals surface area contributed by atoms with Crippen molar-refractivity contribution in [2.24, 2.45) is 0 Å². The number of unbranched alkanes of at least 4 members (excludes halogenated alkanes) is 3. The number of aryl methyl sites for hydroxylation is 1. The van der Waals surface area contributed by atoms with E-state index in [4.69, 9.17) is 16.6 Å². The van der Waals surface area contributed by atoms with Crippen LogP contribution in [0.4, 0.5) is 0 Å². The predicted octanol–water partition coefficient (Wildman–Crippen LogP) is 2.85. The first-order chi connectivity index (χ1) is 5.83. The fourth-order valence-corrected chi connectivity index (χ4v) is 1.21. The van der Waals surface area contributed by atoms with Gasteiger partial charge in [0, 0.05) is 6.42 Å². The van der Waals surface area contributed by atoms with Gasteiger partial charge >= 0.3 is 0 Å². The zero-order valence-electron chi connectivity index (χ0n) is 7.30. The molecule has 68 valence electrons. The number of aromatic nitrogens is 2. The smallest absolute Gasteiger partial charge is 0.284 e. The number of H-pyrrole nitrogens is 1. The summed E-state index contributed by atoms with van der Waals surface area (Å²) in [5.74, 6) is 0.733. The average molecular weight is 186 g/mol. The van der Waals surface area contributed by atoms with Crippen molar-refractivity contribution in [3.63, 3.8) is 0 Å². The molecule has 1 N–H and O–H groups in total. The molecule has 0 aliphatic rings. The van der Waals surface area contributed by atoms with Crippen LogP contribution < -0.4 is 0 Å². The SMILES string of the molecule is CCCCCCc1n[nH]c(=S)o1. The summed E-state index contributed by atoms with van der Waals surface area (Å²) < 4.78 is 5.11. The lowest BCUT2D eigenvalue weighted by molar-refractivity contribution is 0.468. The molecule has 0 amide bonds. The monoisotopic (exact) mass is 186 g/mol. The highest BCUT2D eigenvalue weighted by molar-refractivity contribution is 7.71. The van der Waals surface area contributed by atoms with Gasteiger partial charge < -0.3 is 4.42 Å². The molecule has 3 nitrogen and oxygen atoms in total. The Morgan fingerprint density at radius 2 is 2.25 bits per heavy atom. The van der Waals surface area contributed by atoms with E-state index in [0.717, 1.165) is 18.7 Å².